The van der Waals surface area contributed by atoms with Crippen LogP contribution in [0.25, 0.3) is 0 Å². The minimum atomic E-state index is -0.0190. The topological polar surface area (TPSA) is 41.6 Å². The molecule has 0 aliphatic carbocycles. The summed E-state index contributed by atoms with van der Waals surface area (Å²) in [5.74, 6) is 0.847. The number of amides is 1. The Morgan fingerprint density at radius 3 is 2.52 bits per heavy atom. The van der Waals surface area contributed by atoms with Gasteiger partial charge in [-0.2, -0.15) is 0 Å². The number of benzene rings is 1. The molecular formula is C18H24N2O2S. The highest BCUT2D eigenvalue weighted by Crippen LogP contribution is 2.20. The van der Waals surface area contributed by atoms with Gasteiger partial charge in [0.1, 0.15) is 12.4 Å². The summed E-state index contributed by atoms with van der Waals surface area (Å²) in [6.07, 6.45) is 0. The van der Waals surface area contributed by atoms with Crippen LogP contribution in [0.3, 0.4) is 0 Å². The van der Waals surface area contributed by atoms with Crippen LogP contribution in [0.15, 0.2) is 29.6 Å². The van der Waals surface area contributed by atoms with Crippen LogP contribution in [0.2, 0.25) is 0 Å². The maximum absolute atomic E-state index is 12.0. The maximum atomic E-state index is 12.0. The van der Waals surface area contributed by atoms with E-state index in [4.69, 9.17) is 4.74 Å². The summed E-state index contributed by atoms with van der Waals surface area (Å²) in [6.45, 7) is 6.07. The van der Waals surface area contributed by atoms with Crippen molar-refractivity contribution < 1.29 is 9.53 Å². The highest BCUT2D eigenvalue weighted by Gasteiger charge is 2.09. The minimum Gasteiger partial charge on any atom is -0.489 e. The number of nitrogens with zero attached hydrogens (tertiary/aromatic N) is 1. The molecule has 0 spiro atoms. The molecule has 0 bridgehead atoms. The summed E-state index contributed by atoms with van der Waals surface area (Å²) in [7, 11) is 3.97. The first kappa shape index (κ1) is 17.5. The van der Waals surface area contributed by atoms with E-state index in [0.29, 0.717) is 13.2 Å². The molecule has 4 nitrogen and oxygen atoms in total. The van der Waals surface area contributed by atoms with E-state index in [-0.39, 0.29) is 5.91 Å². The lowest BCUT2D eigenvalue weighted by Crippen LogP contribution is -2.30. The summed E-state index contributed by atoms with van der Waals surface area (Å²) in [4.78, 5) is 14.8. The molecule has 0 saturated carbocycles. The monoisotopic (exact) mass is 332 g/mol. The molecule has 1 heterocycles. The molecule has 1 amide bonds. The van der Waals surface area contributed by atoms with E-state index in [9.17, 15) is 4.79 Å². The largest absolute Gasteiger partial charge is 0.489 e. The van der Waals surface area contributed by atoms with Crippen LogP contribution < -0.4 is 10.1 Å². The fraction of sp³-hybridized carbons (Fsp3) is 0.389. The number of likely N-dealkylation sites (N-methyl/N-ethyl adjacent to an activating group) is 1. The van der Waals surface area contributed by atoms with Gasteiger partial charge in [0.05, 0.1) is 4.88 Å². The molecule has 124 valence electrons. The molecule has 1 aromatic carbocycles. The Bertz CT molecular complexity index is 645. The zero-order valence-corrected chi connectivity index (χ0v) is 15.0. The van der Waals surface area contributed by atoms with Gasteiger partial charge < -0.3 is 15.0 Å². The fourth-order valence-electron chi connectivity index (χ4n) is 2.23. The van der Waals surface area contributed by atoms with Crippen molar-refractivity contribution in [2.75, 3.05) is 27.2 Å². The van der Waals surface area contributed by atoms with Gasteiger partial charge in [-0.25, -0.2) is 0 Å². The normalized spacial score (nSPS) is 10.8. The number of carbonyl (C=O) groups excluding carboxylic acids is 1. The van der Waals surface area contributed by atoms with E-state index in [2.05, 4.69) is 25.2 Å². The molecule has 0 atom stereocenters. The van der Waals surface area contributed by atoms with Gasteiger partial charge in [0, 0.05) is 18.7 Å². The second-order valence-corrected chi connectivity index (χ2v) is 6.90. The van der Waals surface area contributed by atoms with Crippen molar-refractivity contribution in [2.24, 2.45) is 0 Å². The first-order chi connectivity index (χ1) is 10.9. The zero-order valence-electron chi connectivity index (χ0n) is 14.2. The van der Waals surface area contributed by atoms with Crippen molar-refractivity contribution in [1.29, 1.82) is 0 Å². The molecule has 2 aromatic rings. The van der Waals surface area contributed by atoms with Gasteiger partial charge in [0.15, 0.2) is 0 Å². The average molecular weight is 332 g/mol. The number of hydrogen-bond acceptors (Lipinski definition) is 4. The Labute approximate surface area is 142 Å². The smallest absolute Gasteiger partial charge is 0.261 e. The first-order valence-electron chi connectivity index (χ1n) is 7.65. The maximum Gasteiger partial charge on any atom is 0.261 e. The molecule has 0 radical (unpaired) electrons. The minimum absolute atomic E-state index is 0.0190. The van der Waals surface area contributed by atoms with Gasteiger partial charge in [-0.3, -0.25) is 4.79 Å². The Kier molecular flexibility index (Phi) is 6.19. The third kappa shape index (κ3) is 5.69. The summed E-state index contributed by atoms with van der Waals surface area (Å²) in [5.41, 5.74) is 3.39. The van der Waals surface area contributed by atoms with E-state index in [1.165, 1.54) is 22.5 Å². The number of rotatable bonds is 7. The number of nitrogens with one attached hydrogen (secondary N) is 1. The quantitative estimate of drug-likeness (QED) is 0.846. The first-order valence-corrected chi connectivity index (χ1v) is 8.53. The molecule has 23 heavy (non-hydrogen) atoms. The van der Waals surface area contributed by atoms with Crippen LogP contribution >= 0.6 is 11.3 Å². The predicted molar refractivity (Wildman–Crippen MR) is 95.5 cm³/mol. The molecule has 1 aromatic heterocycles. The molecule has 0 aliphatic heterocycles. The third-order valence-electron chi connectivity index (χ3n) is 3.32. The van der Waals surface area contributed by atoms with Crippen LogP contribution in [0.5, 0.6) is 5.75 Å². The van der Waals surface area contributed by atoms with E-state index >= 15 is 0 Å². The van der Waals surface area contributed by atoms with Crippen LogP contribution in [0, 0.1) is 13.8 Å². The third-order valence-corrected chi connectivity index (χ3v) is 4.30. The number of thiophene rings is 1. The van der Waals surface area contributed by atoms with E-state index in [0.717, 1.165) is 22.7 Å². The average Bonchev–Trinajstić information content (AvgIpc) is 2.92. The lowest BCUT2D eigenvalue weighted by Gasteiger charge is -2.09. The Morgan fingerprint density at radius 1 is 1.17 bits per heavy atom. The molecule has 0 fully saturated rings. The summed E-state index contributed by atoms with van der Waals surface area (Å²) in [6, 6.07) is 8.06. The van der Waals surface area contributed by atoms with Gasteiger partial charge in [-0.05, 0) is 62.6 Å². The standard InChI is InChI=1S/C18H24N2O2S/c1-13-7-14(2)9-16(8-13)22-11-15-10-17(23-12-15)18(21)19-5-6-20(3)4/h7-10,12H,5-6,11H2,1-4H3,(H,19,21). The van der Waals surface area contributed by atoms with Crippen molar-refractivity contribution in [3.05, 3.63) is 51.2 Å². The Morgan fingerprint density at radius 2 is 1.87 bits per heavy atom. The fourth-order valence-corrected chi connectivity index (χ4v) is 3.05. The van der Waals surface area contributed by atoms with Crippen molar-refractivity contribution in [3.8, 4) is 5.75 Å². The molecule has 0 aliphatic rings. The van der Waals surface area contributed by atoms with Crippen LogP contribution in [0.4, 0.5) is 0 Å². The van der Waals surface area contributed by atoms with Crippen molar-refractivity contribution in [2.45, 2.75) is 20.5 Å². The van der Waals surface area contributed by atoms with Crippen molar-refractivity contribution in [1.82, 2.24) is 10.2 Å². The number of carbonyl (C=O) groups is 1. The van der Waals surface area contributed by atoms with Gasteiger partial charge in [0.2, 0.25) is 0 Å². The van der Waals surface area contributed by atoms with Crippen molar-refractivity contribution >= 4 is 17.2 Å². The second kappa shape index (κ2) is 8.13. The zero-order chi connectivity index (χ0) is 16.8. The molecule has 5 heteroatoms. The number of ether oxygens (including phenoxy) is 1. The highest BCUT2D eigenvalue weighted by molar-refractivity contribution is 7.12. The Balaban J connectivity index is 1.88. The molecule has 2 rings (SSSR count). The van der Waals surface area contributed by atoms with Gasteiger partial charge in [0.25, 0.3) is 5.91 Å². The van der Waals surface area contributed by atoms with Crippen LogP contribution in [-0.2, 0) is 6.61 Å². The molecule has 1 N–H and O–H groups in total. The molecular weight excluding hydrogens is 308 g/mol. The number of aryl methyl sites for hydroxylation is 2. The molecule has 0 saturated heterocycles. The molecule has 0 unspecified atom stereocenters. The second-order valence-electron chi connectivity index (χ2n) is 5.99. The summed E-state index contributed by atoms with van der Waals surface area (Å²) < 4.78 is 5.83. The highest BCUT2D eigenvalue weighted by atomic mass is 32.1. The number of hydrogen-bond donors (Lipinski definition) is 1. The van der Waals surface area contributed by atoms with E-state index in [1.807, 2.05) is 42.6 Å². The van der Waals surface area contributed by atoms with Crippen LogP contribution in [0.1, 0.15) is 26.4 Å². The van der Waals surface area contributed by atoms with Gasteiger partial charge in [-0.15, -0.1) is 11.3 Å². The van der Waals surface area contributed by atoms with Gasteiger partial charge >= 0.3 is 0 Å². The van der Waals surface area contributed by atoms with Gasteiger partial charge in [-0.1, -0.05) is 6.07 Å². The SMILES string of the molecule is Cc1cc(C)cc(OCc2csc(C(=O)NCCN(C)C)c2)c1. The predicted octanol–water partition coefficient (Wildman–Crippen LogP) is 3.24. The van der Waals surface area contributed by atoms with E-state index < -0.39 is 0 Å². The van der Waals surface area contributed by atoms with Crippen molar-refractivity contribution in [3.63, 3.8) is 0 Å². The summed E-state index contributed by atoms with van der Waals surface area (Å²) in [5, 5.41) is 4.90. The van der Waals surface area contributed by atoms with E-state index in [1.54, 1.807) is 0 Å². The van der Waals surface area contributed by atoms with Crippen LogP contribution in [-0.4, -0.2) is 38.0 Å². The summed E-state index contributed by atoms with van der Waals surface area (Å²) >= 11 is 1.45. The lowest BCUT2D eigenvalue weighted by atomic mass is 10.1. The lowest BCUT2D eigenvalue weighted by molar-refractivity contribution is 0.0955. The Hall–Kier alpha value is -1.85.